The van der Waals surface area contributed by atoms with Gasteiger partial charge in [-0.2, -0.15) is 0 Å². The molecule has 0 aromatic carbocycles. The summed E-state index contributed by atoms with van der Waals surface area (Å²) in [5, 5.41) is 2.76. The van der Waals surface area contributed by atoms with E-state index in [-0.39, 0.29) is 5.92 Å². The lowest BCUT2D eigenvalue weighted by Gasteiger charge is -2.21. The Labute approximate surface area is 124 Å². The number of nitrogens with zero attached hydrogens (tertiary/aromatic N) is 2. The highest BCUT2D eigenvalue weighted by atomic mass is 16.6. The van der Waals surface area contributed by atoms with E-state index in [0.29, 0.717) is 13.1 Å². The maximum absolute atomic E-state index is 11.7. The summed E-state index contributed by atoms with van der Waals surface area (Å²) >= 11 is 0. The van der Waals surface area contributed by atoms with Crippen LogP contribution < -0.4 is 11.1 Å². The van der Waals surface area contributed by atoms with Crippen LogP contribution in [-0.2, 0) is 4.74 Å². The van der Waals surface area contributed by atoms with Crippen molar-refractivity contribution < 1.29 is 9.53 Å². The lowest BCUT2D eigenvalue weighted by atomic mass is 10.1. The maximum Gasteiger partial charge on any atom is 0.407 e. The van der Waals surface area contributed by atoms with Gasteiger partial charge in [0.15, 0.2) is 0 Å². The second-order valence-corrected chi connectivity index (χ2v) is 5.93. The minimum Gasteiger partial charge on any atom is -0.444 e. The van der Waals surface area contributed by atoms with Gasteiger partial charge in [-0.15, -0.1) is 0 Å². The van der Waals surface area contributed by atoms with Crippen molar-refractivity contribution in [1.82, 2.24) is 14.7 Å². The van der Waals surface area contributed by atoms with Crippen LogP contribution >= 0.6 is 0 Å². The molecule has 0 aliphatic rings. The molecule has 2 heterocycles. The zero-order chi connectivity index (χ0) is 15.5. The van der Waals surface area contributed by atoms with E-state index in [9.17, 15) is 4.79 Å². The molecule has 0 fully saturated rings. The number of amides is 1. The highest BCUT2D eigenvalue weighted by Crippen LogP contribution is 2.16. The van der Waals surface area contributed by atoms with Crippen LogP contribution in [0.15, 0.2) is 30.6 Å². The minimum absolute atomic E-state index is 0.0186. The number of ether oxygens (including phenoxy) is 1. The second kappa shape index (κ2) is 6.13. The van der Waals surface area contributed by atoms with Gasteiger partial charge < -0.3 is 20.2 Å². The molecule has 0 saturated carbocycles. The highest BCUT2D eigenvalue weighted by Gasteiger charge is 2.19. The fraction of sp³-hybridized carbons (Fsp3) is 0.467. The van der Waals surface area contributed by atoms with Gasteiger partial charge in [0.25, 0.3) is 0 Å². The maximum atomic E-state index is 11.7. The van der Waals surface area contributed by atoms with Crippen LogP contribution in [-0.4, -0.2) is 34.2 Å². The number of carbonyl (C=O) groups is 1. The third-order valence-corrected chi connectivity index (χ3v) is 3.04. The number of hydrogen-bond donors (Lipinski definition) is 2. The highest BCUT2D eigenvalue weighted by molar-refractivity contribution is 5.67. The van der Waals surface area contributed by atoms with Crippen LogP contribution in [0.3, 0.4) is 0 Å². The molecule has 1 amide bonds. The van der Waals surface area contributed by atoms with E-state index in [0.717, 1.165) is 11.3 Å². The Hall–Kier alpha value is -2.08. The van der Waals surface area contributed by atoms with Gasteiger partial charge in [-0.1, -0.05) is 6.07 Å². The molecule has 2 aromatic rings. The molecule has 2 rings (SSSR count). The van der Waals surface area contributed by atoms with E-state index in [1.54, 1.807) is 6.20 Å². The topological polar surface area (TPSA) is 81.6 Å². The number of nitrogens with one attached hydrogen (secondary N) is 1. The average Bonchev–Trinajstić information content (AvgIpc) is 2.82. The van der Waals surface area contributed by atoms with Crippen molar-refractivity contribution in [2.24, 2.45) is 5.73 Å². The van der Waals surface area contributed by atoms with Crippen molar-refractivity contribution in [3.05, 3.63) is 36.3 Å². The van der Waals surface area contributed by atoms with Crippen LogP contribution in [0.1, 0.15) is 32.4 Å². The molecular weight excluding hydrogens is 268 g/mol. The quantitative estimate of drug-likeness (QED) is 0.901. The Bertz CT molecular complexity index is 615. The van der Waals surface area contributed by atoms with Crippen molar-refractivity contribution >= 4 is 11.7 Å². The van der Waals surface area contributed by atoms with Gasteiger partial charge in [-0.25, -0.2) is 9.78 Å². The van der Waals surface area contributed by atoms with E-state index in [4.69, 9.17) is 10.5 Å². The molecule has 0 spiro atoms. The Balaban J connectivity index is 2.05. The molecule has 114 valence electrons. The number of hydrogen-bond acceptors (Lipinski definition) is 4. The summed E-state index contributed by atoms with van der Waals surface area (Å²) in [7, 11) is 0. The van der Waals surface area contributed by atoms with Gasteiger partial charge in [0.1, 0.15) is 11.2 Å². The summed E-state index contributed by atoms with van der Waals surface area (Å²) in [5.41, 5.74) is 7.17. The van der Waals surface area contributed by atoms with E-state index in [2.05, 4.69) is 10.3 Å². The fourth-order valence-electron chi connectivity index (χ4n) is 2.08. The van der Waals surface area contributed by atoms with E-state index in [1.807, 2.05) is 49.6 Å². The zero-order valence-electron chi connectivity index (χ0n) is 12.7. The van der Waals surface area contributed by atoms with Crippen LogP contribution in [0.2, 0.25) is 0 Å². The molecule has 6 heteroatoms. The smallest absolute Gasteiger partial charge is 0.407 e. The predicted molar refractivity (Wildman–Crippen MR) is 81.2 cm³/mol. The molecule has 0 aliphatic heterocycles. The van der Waals surface area contributed by atoms with Gasteiger partial charge in [-0.05, 0) is 32.9 Å². The van der Waals surface area contributed by atoms with E-state index in [1.165, 1.54) is 0 Å². The van der Waals surface area contributed by atoms with Crippen molar-refractivity contribution in [3.63, 3.8) is 0 Å². The van der Waals surface area contributed by atoms with Gasteiger partial charge >= 0.3 is 6.09 Å². The van der Waals surface area contributed by atoms with Crippen LogP contribution in [0.4, 0.5) is 4.79 Å². The van der Waals surface area contributed by atoms with Crippen molar-refractivity contribution in [3.8, 4) is 0 Å². The van der Waals surface area contributed by atoms with Gasteiger partial charge in [-0.3, -0.25) is 0 Å². The number of aromatic nitrogens is 2. The lowest BCUT2D eigenvalue weighted by Crippen LogP contribution is -2.36. The predicted octanol–water partition coefficient (Wildman–Crippen LogP) is 1.90. The number of rotatable bonds is 4. The molecular formula is C15H22N4O2. The first kappa shape index (κ1) is 15.3. The molecule has 0 saturated heterocycles. The van der Waals surface area contributed by atoms with Crippen LogP contribution in [0, 0.1) is 0 Å². The van der Waals surface area contributed by atoms with Gasteiger partial charge in [0.2, 0.25) is 0 Å². The average molecular weight is 290 g/mol. The monoisotopic (exact) mass is 290 g/mol. The summed E-state index contributed by atoms with van der Waals surface area (Å²) < 4.78 is 7.20. The normalized spacial score (nSPS) is 13.1. The Morgan fingerprint density at radius 3 is 2.90 bits per heavy atom. The number of nitrogens with two attached hydrogens (primary N) is 1. The summed E-state index contributed by atoms with van der Waals surface area (Å²) in [6.45, 7) is 6.32. The van der Waals surface area contributed by atoms with Gasteiger partial charge in [0, 0.05) is 37.1 Å². The molecule has 1 unspecified atom stereocenters. The standard InChI is InChI=1S/C15H22N4O2/c1-15(2,3)21-14(20)18-9-11(8-16)12-10-17-13-6-4-5-7-19(12)13/h4-7,10-11H,8-9,16H2,1-3H3,(H,18,20). The largest absolute Gasteiger partial charge is 0.444 e. The molecule has 6 nitrogen and oxygen atoms in total. The molecule has 21 heavy (non-hydrogen) atoms. The number of pyridine rings is 1. The Kier molecular flexibility index (Phi) is 4.47. The Morgan fingerprint density at radius 2 is 2.24 bits per heavy atom. The summed E-state index contributed by atoms with van der Waals surface area (Å²) in [5.74, 6) is -0.0186. The van der Waals surface area contributed by atoms with Crippen molar-refractivity contribution in [1.29, 1.82) is 0 Å². The molecule has 2 aromatic heterocycles. The summed E-state index contributed by atoms with van der Waals surface area (Å²) in [6.07, 6.45) is 3.30. The third-order valence-electron chi connectivity index (χ3n) is 3.04. The van der Waals surface area contributed by atoms with Crippen molar-refractivity contribution in [2.45, 2.75) is 32.3 Å². The number of imidazole rings is 1. The first-order valence-corrected chi connectivity index (χ1v) is 6.99. The molecule has 3 N–H and O–H groups in total. The summed E-state index contributed by atoms with van der Waals surface area (Å²) in [4.78, 5) is 16.1. The fourth-order valence-corrected chi connectivity index (χ4v) is 2.08. The number of alkyl carbamates (subject to hydrolysis) is 1. The van der Waals surface area contributed by atoms with E-state index >= 15 is 0 Å². The lowest BCUT2D eigenvalue weighted by molar-refractivity contribution is 0.0524. The minimum atomic E-state index is -0.508. The number of fused-ring (bicyclic) bond motifs is 1. The third kappa shape index (κ3) is 3.95. The second-order valence-electron chi connectivity index (χ2n) is 5.93. The molecule has 1 atom stereocenters. The first-order valence-electron chi connectivity index (χ1n) is 6.99. The van der Waals surface area contributed by atoms with E-state index < -0.39 is 11.7 Å². The van der Waals surface area contributed by atoms with Crippen LogP contribution in [0.25, 0.3) is 5.65 Å². The van der Waals surface area contributed by atoms with Gasteiger partial charge in [0.05, 0.1) is 0 Å². The zero-order valence-corrected chi connectivity index (χ0v) is 12.7. The van der Waals surface area contributed by atoms with Crippen LogP contribution in [0.5, 0.6) is 0 Å². The molecule has 0 aliphatic carbocycles. The summed E-state index contributed by atoms with van der Waals surface area (Å²) in [6, 6.07) is 5.80. The van der Waals surface area contributed by atoms with Crippen molar-refractivity contribution in [2.75, 3.05) is 13.1 Å². The SMILES string of the molecule is CC(C)(C)OC(=O)NCC(CN)c1cnc2ccccn12. The molecule has 0 radical (unpaired) electrons. The first-order chi connectivity index (χ1) is 9.90. The molecule has 0 bridgehead atoms. The number of carbonyl (C=O) groups excluding carboxylic acids is 1. The Morgan fingerprint density at radius 1 is 1.48 bits per heavy atom.